The van der Waals surface area contributed by atoms with Crippen molar-refractivity contribution < 1.29 is 5.11 Å². The highest BCUT2D eigenvalue weighted by molar-refractivity contribution is 5.97. The van der Waals surface area contributed by atoms with Crippen molar-refractivity contribution in [2.24, 2.45) is 5.18 Å². The maximum atomic E-state index is 10.9. The lowest BCUT2D eigenvalue weighted by Gasteiger charge is -2.09. The topological polar surface area (TPSA) is 54.6 Å². The van der Waals surface area contributed by atoms with Crippen LogP contribution in [-0.2, 0) is 6.54 Å². The van der Waals surface area contributed by atoms with E-state index in [-0.39, 0.29) is 11.6 Å². The summed E-state index contributed by atoms with van der Waals surface area (Å²) in [4.78, 5) is 10.9. The van der Waals surface area contributed by atoms with Crippen molar-refractivity contribution in [1.29, 1.82) is 0 Å². The van der Waals surface area contributed by atoms with E-state index >= 15 is 0 Å². The highest BCUT2D eigenvalue weighted by Gasteiger charge is 2.19. The molecule has 18 heavy (non-hydrogen) atoms. The van der Waals surface area contributed by atoms with E-state index in [4.69, 9.17) is 0 Å². The number of fused-ring (bicyclic) bond motifs is 1. The van der Waals surface area contributed by atoms with Gasteiger partial charge in [0.25, 0.3) is 0 Å². The largest absolute Gasteiger partial charge is 0.493 e. The van der Waals surface area contributed by atoms with Crippen molar-refractivity contribution in [3.05, 3.63) is 28.2 Å². The van der Waals surface area contributed by atoms with Crippen LogP contribution in [0.3, 0.4) is 0 Å². The molecule has 0 radical (unpaired) electrons. The smallest absolute Gasteiger partial charge is 0.222 e. The van der Waals surface area contributed by atoms with E-state index < -0.39 is 0 Å². The average Bonchev–Trinajstić information content (AvgIpc) is 2.64. The highest BCUT2D eigenvalue weighted by Crippen LogP contribution is 2.40. The van der Waals surface area contributed by atoms with Gasteiger partial charge in [0.15, 0.2) is 5.69 Å². The Balaban J connectivity index is 2.77. The first kappa shape index (κ1) is 12.6. The van der Waals surface area contributed by atoms with Gasteiger partial charge in [-0.3, -0.25) is 0 Å². The maximum absolute atomic E-state index is 10.9. The molecule has 4 nitrogen and oxygen atoms in total. The predicted molar refractivity (Wildman–Crippen MR) is 73.4 cm³/mol. The molecular formula is C14H18N2O2. The van der Waals surface area contributed by atoms with E-state index in [2.05, 4.69) is 12.1 Å². The summed E-state index contributed by atoms with van der Waals surface area (Å²) in [6.45, 7) is 6.84. The van der Waals surface area contributed by atoms with Crippen molar-refractivity contribution in [3.63, 3.8) is 0 Å². The third-order valence-electron chi connectivity index (χ3n) is 3.52. The van der Waals surface area contributed by atoms with Crippen LogP contribution in [0.5, 0.6) is 5.88 Å². The van der Waals surface area contributed by atoms with Crippen LogP contribution in [0.4, 0.5) is 5.69 Å². The molecule has 0 bridgehead atoms. The molecule has 0 atom stereocenters. The monoisotopic (exact) mass is 246 g/mol. The molecule has 4 heteroatoms. The van der Waals surface area contributed by atoms with Crippen molar-refractivity contribution in [2.45, 2.75) is 40.2 Å². The van der Waals surface area contributed by atoms with E-state index in [1.807, 2.05) is 26.0 Å². The zero-order chi connectivity index (χ0) is 13.3. The predicted octanol–water partition coefficient (Wildman–Crippen LogP) is 4.16. The Morgan fingerprint density at radius 3 is 2.67 bits per heavy atom. The van der Waals surface area contributed by atoms with Gasteiger partial charge in [-0.2, -0.15) is 0 Å². The zero-order valence-corrected chi connectivity index (χ0v) is 11.0. The molecule has 96 valence electrons. The second kappa shape index (κ2) is 4.80. The number of nitrogens with zero attached hydrogens (tertiary/aromatic N) is 2. The first-order chi connectivity index (χ1) is 8.61. The molecule has 1 aromatic carbocycles. The number of unbranched alkanes of at least 4 members (excludes halogenated alkanes) is 1. The minimum atomic E-state index is -0.0119. The molecule has 0 aliphatic carbocycles. The third kappa shape index (κ3) is 1.78. The summed E-state index contributed by atoms with van der Waals surface area (Å²) in [7, 11) is 0. The van der Waals surface area contributed by atoms with Crippen molar-refractivity contribution in [1.82, 2.24) is 4.57 Å². The Bertz CT molecular complexity index is 600. The first-order valence-corrected chi connectivity index (χ1v) is 6.26. The molecule has 2 rings (SSSR count). The summed E-state index contributed by atoms with van der Waals surface area (Å²) in [6.07, 6.45) is 2.00. The summed E-state index contributed by atoms with van der Waals surface area (Å²) < 4.78 is 1.80. The molecule has 2 aromatic rings. The summed E-state index contributed by atoms with van der Waals surface area (Å²) in [6, 6.07) is 3.81. The van der Waals surface area contributed by atoms with Crippen molar-refractivity contribution >= 4 is 16.6 Å². The zero-order valence-electron chi connectivity index (χ0n) is 11.0. The Morgan fingerprint density at radius 1 is 1.33 bits per heavy atom. The van der Waals surface area contributed by atoms with Crippen LogP contribution >= 0.6 is 0 Å². The first-order valence-electron chi connectivity index (χ1n) is 6.26. The van der Waals surface area contributed by atoms with Gasteiger partial charge >= 0.3 is 0 Å². The molecule has 0 fully saturated rings. The third-order valence-corrected chi connectivity index (χ3v) is 3.52. The fourth-order valence-electron chi connectivity index (χ4n) is 2.32. The van der Waals surface area contributed by atoms with Crippen LogP contribution in [0.2, 0.25) is 0 Å². The fourth-order valence-corrected chi connectivity index (χ4v) is 2.32. The van der Waals surface area contributed by atoms with E-state index in [9.17, 15) is 10.0 Å². The lowest BCUT2D eigenvalue weighted by atomic mass is 10.1. The lowest BCUT2D eigenvalue weighted by molar-refractivity contribution is 0.418. The molecule has 0 aliphatic rings. The Labute approximate surface area is 106 Å². The van der Waals surface area contributed by atoms with Gasteiger partial charge in [0.1, 0.15) is 0 Å². The van der Waals surface area contributed by atoms with E-state index in [0.29, 0.717) is 6.54 Å². The summed E-state index contributed by atoms with van der Waals surface area (Å²) in [5.74, 6) is -0.0119. The number of aromatic nitrogens is 1. The fraction of sp³-hybridized carbons (Fsp3) is 0.429. The molecule has 0 aliphatic heterocycles. The summed E-state index contributed by atoms with van der Waals surface area (Å²) in [5, 5.41) is 13.8. The molecule has 0 saturated carbocycles. The van der Waals surface area contributed by atoms with E-state index in [0.717, 1.165) is 34.9 Å². The Kier molecular flexibility index (Phi) is 3.36. The van der Waals surface area contributed by atoms with Gasteiger partial charge in [0, 0.05) is 11.9 Å². The SMILES string of the molecule is CCCCn1c(O)c(N=O)c2ccc(C)c(C)c21. The molecule has 1 aromatic heterocycles. The normalized spacial score (nSPS) is 11.1. The molecule has 0 spiro atoms. The van der Waals surface area contributed by atoms with E-state index in [1.54, 1.807) is 4.57 Å². The van der Waals surface area contributed by atoms with E-state index in [1.165, 1.54) is 0 Å². The van der Waals surface area contributed by atoms with Gasteiger partial charge < -0.3 is 9.67 Å². The van der Waals surface area contributed by atoms with Gasteiger partial charge in [0.2, 0.25) is 5.88 Å². The number of aryl methyl sites for hydroxylation is 3. The highest BCUT2D eigenvalue weighted by atomic mass is 16.3. The second-order valence-electron chi connectivity index (χ2n) is 4.67. The molecule has 0 saturated heterocycles. The summed E-state index contributed by atoms with van der Waals surface area (Å²) >= 11 is 0. The molecule has 0 unspecified atom stereocenters. The second-order valence-corrected chi connectivity index (χ2v) is 4.67. The number of rotatable bonds is 4. The number of hydrogen-bond acceptors (Lipinski definition) is 3. The van der Waals surface area contributed by atoms with Crippen LogP contribution in [-0.4, -0.2) is 9.67 Å². The maximum Gasteiger partial charge on any atom is 0.222 e. The molecule has 1 N–H and O–H groups in total. The van der Waals surface area contributed by atoms with Crippen LogP contribution in [0.1, 0.15) is 30.9 Å². The van der Waals surface area contributed by atoms with Crippen LogP contribution in [0, 0.1) is 18.8 Å². The molecular weight excluding hydrogens is 228 g/mol. The minimum absolute atomic E-state index is 0.0119. The number of aromatic hydroxyl groups is 1. The van der Waals surface area contributed by atoms with Crippen LogP contribution in [0.15, 0.2) is 17.3 Å². The van der Waals surface area contributed by atoms with Crippen molar-refractivity contribution in [2.75, 3.05) is 0 Å². The Morgan fingerprint density at radius 2 is 2.06 bits per heavy atom. The molecule has 0 amide bonds. The quantitative estimate of drug-likeness (QED) is 0.823. The van der Waals surface area contributed by atoms with Crippen LogP contribution < -0.4 is 0 Å². The van der Waals surface area contributed by atoms with Gasteiger partial charge in [-0.15, -0.1) is 4.91 Å². The number of hydrogen-bond donors (Lipinski definition) is 1. The summed E-state index contributed by atoms with van der Waals surface area (Å²) in [5.41, 5.74) is 3.32. The standard InChI is InChI=1S/C14H18N2O2/c1-4-5-8-16-13-10(3)9(2)6-7-11(13)12(15-18)14(16)17/h6-7,17H,4-5,8H2,1-3H3. The number of benzene rings is 1. The van der Waals surface area contributed by atoms with Gasteiger partial charge in [-0.1, -0.05) is 25.5 Å². The average molecular weight is 246 g/mol. The molecule has 1 heterocycles. The van der Waals surface area contributed by atoms with Crippen molar-refractivity contribution in [3.8, 4) is 5.88 Å². The number of nitroso groups, excluding NO2 is 1. The lowest BCUT2D eigenvalue weighted by Crippen LogP contribution is -1.98. The van der Waals surface area contributed by atoms with Crippen LogP contribution in [0.25, 0.3) is 10.9 Å². The van der Waals surface area contributed by atoms with Gasteiger partial charge in [-0.25, -0.2) is 0 Å². The Hall–Kier alpha value is -1.84. The van der Waals surface area contributed by atoms with Gasteiger partial charge in [-0.05, 0) is 36.6 Å². The minimum Gasteiger partial charge on any atom is -0.493 e. The van der Waals surface area contributed by atoms with Gasteiger partial charge in [0.05, 0.1) is 5.52 Å².